The van der Waals surface area contributed by atoms with Crippen molar-refractivity contribution in [3.05, 3.63) is 53.6 Å². The normalized spacial score (nSPS) is 9.63. The van der Waals surface area contributed by atoms with E-state index in [-0.39, 0.29) is 5.91 Å². The first-order valence-electron chi connectivity index (χ1n) is 5.63. The fourth-order valence-corrected chi connectivity index (χ4v) is 1.66. The molecule has 2 rings (SSSR count). The summed E-state index contributed by atoms with van der Waals surface area (Å²) in [5.41, 5.74) is 13.9. The van der Waals surface area contributed by atoms with Gasteiger partial charge >= 0.3 is 0 Å². The Morgan fingerprint density at radius 3 is 2.68 bits per heavy atom. The van der Waals surface area contributed by atoms with Gasteiger partial charge < -0.3 is 16.8 Å². The minimum Gasteiger partial charge on any atom is -0.399 e. The second-order valence-electron chi connectivity index (χ2n) is 4.03. The van der Waals surface area contributed by atoms with Crippen LogP contribution >= 0.6 is 0 Å². The molecule has 0 fully saturated rings. The zero-order chi connectivity index (χ0) is 13.8. The van der Waals surface area contributed by atoms with E-state index in [0.29, 0.717) is 28.2 Å². The lowest BCUT2D eigenvalue weighted by atomic mass is 10.1. The molecule has 0 unspecified atom stereocenters. The predicted molar refractivity (Wildman–Crippen MR) is 77.6 cm³/mol. The average molecular weight is 251 g/mol. The highest BCUT2D eigenvalue weighted by molar-refractivity contribution is 6.08. The van der Waals surface area contributed by atoms with Crippen molar-refractivity contribution < 1.29 is 4.79 Å². The minimum absolute atomic E-state index is 0.320. The lowest BCUT2D eigenvalue weighted by Gasteiger charge is -2.08. The van der Waals surface area contributed by atoms with Crippen molar-refractivity contribution in [1.82, 2.24) is 0 Å². The Balaban J connectivity index is 2.26. The van der Waals surface area contributed by atoms with Gasteiger partial charge in [0.2, 0.25) is 0 Å². The molecule has 0 aliphatic rings. The van der Waals surface area contributed by atoms with Crippen LogP contribution in [0.1, 0.15) is 15.9 Å². The van der Waals surface area contributed by atoms with E-state index in [4.69, 9.17) is 17.9 Å². The second kappa shape index (κ2) is 5.15. The van der Waals surface area contributed by atoms with Crippen molar-refractivity contribution in [2.45, 2.75) is 0 Å². The number of amides is 1. The van der Waals surface area contributed by atoms with E-state index in [2.05, 4.69) is 11.2 Å². The number of nitrogens with two attached hydrogens (primary N) is 2. The summed E-state index contributed by atoms with van der Waals surface area (Å²) in [5.74, 6) is 2.18. The number of terminal acetylenes is 1. The molecule has 0 aliphatic carbocycles. The molecule has 0 saturated carbocycles. The number of hydrogen-bond acceptors (Lipinski definition) is 3. The van der Waals surface area contributed by atoms with Crippen molar-refractivity contribution in [2.75, 3.05) is 16.8 Å². The molecule has 2 aromatic carbocycles. The second-order valence-corrected chi connectivity index (χ2v) is 4.03. The maximum absolute atomic E-state index is 12.1. The topological polar surface area (TPSA) is 81.1 Å². The van der Waals surface area contributed by atoms with Crippen molar-refractivity contribution in [2.24, 2.45) is 0 Å². The molecule has 1 amide bonds. The number of carbonyl (C=O) groups excluding carboxylic acids is 1. The molecule has 0 saturated heterocycles. The number of nitrogen functional groups attached to an aromatic ring is 2. The Morgan fingerprint density at radius 2 is 1.95 bits per heavy atom. The molecule has 0 atom stereocenters. The summed E-state index contributed by atoms with van der Waals surface area (Å²) in [6.07, 6.45) is 5.31. The maximum atomic E-state index is 12.1. The summed E-state index contributed by atoms with van der Waals surface area (Å²) >= 11 is 0. The number of carbonyl (C=O) groups is 1. The molecule has 4 heteroatoms. The van der Waals surface area contributed by atoms with Crippen LogP contribution in [0.4, 0.5) is 17.1 Å². The van der Waals surface area contributed by atoms with Crippen molar-refractivity contribution in [1.29, 1.82) is 0 Å². The Kier molecular flexibility index (Phi) is 3.39. The summed E-state index contributed by atoms with van der Waals surface area (Å²) in [7, 11) is 0. The van der Waals surface area contributed by atoms with Gasteiger partial charge in [-0.15, -0.1) is 6.42 Å². The quantitative estimate of drug-likeness (QED) is 0.564. The van der Waals surface area contributed by atoms with Crippen molar-refractivity contribution in [3.63, 3.8) is 0 Å². The molecular weight excluding hydrogens is 238 g/mol. The Morgan fingerprint density at radius 1 is 1.16 bits per heavy atom. The standard InChI is InChI=1S/C15H13N3O/c1-2-10-4-3-5-12(8-10)18-15(19)13-9-11(16)6-7-14(13)17/h1,3-9H,16-17H2,(H,18,19). The molecule has 0 heterocycles. The van der Waals surface area contributed by atoms with Crippen molar-refractivity contribution >= 4 is 23.0 Å². The predicted octanol–water partition coefficient (Wildman–Crippen LogP) is 2.08. The van der Waals surface area contributed by atoms with Gasteiger partial charge in [0.15, 0.2) is 0 Å². The van der Waals surface area contributed by atoms with Crippen LogP contribution in [0, 0.1) is 12.3 Å². The molecule has 0 spiro atoms. The van der Waals surface area contributed by atoms with Crippen molar-refractivity contribution in [3.8, 4) is 12.3 Å². The molecule has 0 bridgehead atoms. The zero-order valence-corrected chi connectivity index (χ0v) is 10.2. The van der Waals surface area contributed by atoms with Crippen LogP contribution in [-0.2, 0) is 0 Å². The summed E-state index contributed by atoms with van der Waals surface area (Å²) in [6.45, 7) is 0. The Bertz CT molecular complexity index is 671. The molecule has 0 aromatic heterocycles. The number of anilines is 3. The average Bonchev–Trinajstić information content (AvgIpc) is 2.41. The lowest BCUT2D eigenvalue weighted by Crippen LogP contribution is -2.14. The molecule has 0 aliphatic heterocycles. The van der Waals surface area contributed by atoms with Gasteiger partial charge in [-0.05, 0) is 36.4 Å². The summed E-state index contributed by atoms with van der Waals surface area (Å²) in [4.78, 5) is 12.1. The number of nitrogens with one attached hydrogen (secondary N) is 1. The van der Waals surface area contributed by atoms with Gasteiger partial charge in [-0.25, -0.2) is 0 Å². The lowest BCUT2D eigenvalue weighted by molar-refractivity contribution is 0.102. The molecular formula is C15H13N3O. The fourth-order valence-electron chi connectivity index (χ4n) is 1.66. The van der Waals surface area contributed by atoms with E-state index >= 15 is 0 Å². The number of rotatable bonds is 2. The van der Waals surface area contributed by atoms with Gasteiger partial charge in [-0.1, -0.05) is 12.0 Å². The smallest absolute Gasteiger partial charge is 0.257 e. The maximum Gasteiger partial charge on any atom is 0.257 e. The van der Waals surface area contributed by atoms with Gasteiger partial charge in [0, 0.05) is 22.6 Å². The molecule has 19 heavy (non-hydrogen) atoms. The van der Waals surface area contributed by atoms with Crippen LogP contribution in [0.15, 0.2) is 42.5 Å². The highest BCUT2D eigenvalue weighted by atomic mass is 16.1. The molecule has 0 radical (unpaired) electrons. The van der Waals surface area contributed by atoms with Crippen LogP contribution < -0.4 is 16.8 Å². The van der Waals surface area contributed by atoms with Gasteiger partial charge in [-0.3, -0.25) is 4.79 Å². The summed E-state index contributed by atoms with van der Waals surface area (Å²) in [5, 5.41) is 2.73. The molecule has 4 nitrogen and oxygen atoms in total. The van der Waals surface area contributed by atoms with Crippen LogP contribution in [0.25, 0.3) is 0 Å². The fraction of sp³-hybridized carbons (Fsp3) is 0. The Labute approximate surface area is 111 Å². The molecule has 5 N–H and O–H groups in total. The van der Waals surface area contributed by atoms with E-state index in [1.807, 2.05) is 0 Å². The number of benzene rings is 2. The van der Waals surface area contributed by atoms with E-state index in [1.165, 1.54) is 6.07 Å². The zero-order valence-electron chi connectivity index (χ0n) is 10.2. The van der Waals surface area contributed by atoms with E-state index in [0.717, 1.165) is 0 Å². The third-order valence-electron chi connectivity index (χ3n) is 2.61. The van der Waals surface area contributed by atoms with Gasteiger partial charge in [0.05, 0.1) is 5.56 Å². The summed E-state index contributed by atoms with van der Waals surface area (Å²) in [6, 6.07) is 11.8. The highest BCUT2D eigenvalue weighted by Gasteiger charge is 2.10. The third-order valence-corrected chi connectivity index (χ3v) is 2.61. The highest BCUT2D eigenvalue weighted by Crippen LogP contribution is 2.18. The van der Waals surface area contributed by atoms with E-state index in [9.17, 15) is 4.79 Å². The van der Waals surface area contributed by atoms with Crippen LogP contribution in [-0.4, -0.2) is 5.91 Å². The number of hydrogen-bond donors (Lipinski definition) is 3. The first-order valence-corrected chi connectivity index (χ1v) is 5.63. The third kappa shape index (κ3) is 2.85. The monoisotopic (exact) mass is 251 g/mol. The van der Waals surface area contributed by atoms with Gasteiger partial charge in [-0.2, -0.15) is 0 Å². The SMILES string of the molecule is C#Cc1cccc(NC(=O)c2cc(N)ccc2N)c1. The first-order chi connectivity index (χ1) is 9.10. The van der Waals surface area contributed by atoms with E-state index < -0.39 is 0 Å². The van der Waals surface area contributed by atoms with Gasteiger partial charge in [0.1, 0.15) is 0 Å². The van der Waals surface area contributed by atoms with Crippen LogP contribution in [0.3, 0.4) is 0 Å². The molecule has 94 valence electrons. The van der Waals surface area contributed by atoms with E-state index in [1.54, 1.807) is 36.4 Å². The summed E-state index contributed by atoms with van der Waals surface area (Å²) < 4.78 is 0. The van der Waals surface area contributed by atoms with Gasteiger partial charge in [0.25, 0.3) is 5.91 Å². The first kappa shape index (κ1) is 12.5. The largest absolute Gasteiger partial charge is 0.399 e. The van der Waals surface area contributed by atoms with Crippen LogP contribution in [0.2, 0.25) is 0 Å². The van der Waals surface area contributed by atoms with Crippen LogP contribution in [0.5, 0.6) is 0 Å². The Hall–Kier alpha value is -2.93. The minimum atomic E-state index is -0.320. The molecule has 2 aromatic rings.